The highest BCUT2D eigenvalue weighted by Gasteiger charge is 2.50. The zero-order valence-corrected chi connectivity index (χ0v) is 14.4. The Morgan fingerprint density at radius 1 is 1.32 bits per heavy atom. The van der Waals surface area contributed by atoms with E-state index < -0.39 is 18.0 Å². The Labute approximate surface area is 146 Å². The third-order valence-corrected chi connectivity index (χ3v) is 5.36. The lowest BCUT2D eigenvalue weighted by Crippen LogP contribution is -2.43. The fourth-order valence-electron chi connectivity index (χ4n) is 3.87. The number of rotatable bonds is 4. The fourth-order valence-corrected chi connectivity index (χ4v) is 3.87. The molecule has 1 amide bonds. The Hall–Kier alpha value is -2.34. The van der Waals surface area contributed by atoms with Crippen LogP contribution < -0.4 is 0 Å². The van der Waals surface area contributed by atoms with Crippen molar-refractivity contribution < 1.29 is 24.5 Å². The highest BCUT2D eigenvalue weighted by atomic mass is 16.5. The highest BCUT2D eigenvalue weighted by molar-refractivity contribution is 5.94. The minimum absolute atomic E-state index is 0.0551. The third-order valence-electron chi connectivity index (χ3n) is 5.36. The molecule has 1 aromatic rings. The number of aliphatic hydroxyl groups is 1. The van der Waals surface area contributed by atoms with Crippen molar-refractivity contribution in [2.24, 2.45) is 17.8 Å². The first-order valence-corrected chi connectivity index (χ1v) is 8.49. The fraction of sp³-hybridized carbons (Fsp3) is 0.474. The van der Waals surface area contributed by atoms with Gasteiger partial charge in [-0.1, -0.05) is 19.1 Å². The number of esters is 1. The Morgan fingerprint density at radius 2 is 2.00 bits per heavy atom. The standard InChI is InChI=1S/C19H23NO5/c1-11-16(22)9-14-15(19(24)25-2)10-20(18(23)17(11)14)8-7-12-3-5-13(21)6-4-12/h3-6,10-11,14,16-17,21-22H,7-9H2,1-2H3. The van der Waals surface area contributed by atoms with E-state index in [1.165, 1.54) is 7.11 Å². The monoisotopic (exact) mass is 345 g/mol. The van der Waals surface area contributed by atoms with Crippen molar-refractivity contribution >= 4 is 11.9 Å². The molecule has 0 radical (unpaired) electrons. The summed E-state index contributed by atoms with van der Waals surface area (Å²) in [5.41, 5.74) is 1.45. The van der Waals surface area contributed by atoms with Crippen LogP contribution in [0.5, 0.6) is 5.75 Å². The SMILES string of the molecule is COC(=O)C1=CN(CCc2ccc(O)cc2)C(=O)C2C1CC(O)C2C. The molecule has 6 heteroatoms. The van der Waals surface area contributed by atoms with E-state index in [0.717, 1.165) is 5.56 Å². The third kappa shape index (κ3) is 3.26. The second kappa shape index (κ2) is 6.88. The number of aliphatic hydroxyl groups excluding tert-OH is 1. The summed E-state index contributed by atoms with van der Waals surface area (Å²) in [6.45, 7) is 2.28. The van der Waals surface area contributed by atoms with Crippen LogP contribution in [0.1, 0.15) is 18.9 Å². The molecule has 4 unspecified atom stereocenters. The van der Waals surface area contributed by atoms with Crippen LogP contribution in [-0.2, 0) is 20.7 Å². The largest absolute Gasteiger partial charge is 0.508 e. The van der Waals surface area contributed by atoms with E-state index in [-0.39, 0.29) is 23.5 Å². The summed E-state index contributed by atoms with van der Waals surface area (Å²) in [4.78, 5) is 26.6. The molecule has 0 bridgehead atoms. The minimum atomic E-state index is -0.593. The van der Waals surface area contributed by atoms with Gasteiger partial charge < -0.3 is 19.8 Å². The Balaban J connectivity index is 1.82. The number of aromatic hydroxyl groups is 1. The number of carbonyl (C=O) groups excluding carboxylic acids is 2. The summed E-state index contributed by atoms with van der Waals surface area (Å²) in [6.07, 6.45) is 2.00. The summed E-state index contributed by atoms with van der Waals surface area (Å²) in [6, 6.07) is 6.82. The van der Waals surface area contributed by atoms with E-state index in [1.54, 1.807) is 35.4 Å². The summed E-state index contributed by atoms with van der Waals surface area (Å²) in [5, 5.41) is 19.5. The van der Waals surface area contributed by atoms with E-state index in [2.05, 4.69) is 0 Å². The van der Waals surface area contributed by atoms with Gasteiger partial charge in [-0.15, -0.1) is 0 Å². The average Bonchev–Trinajstić information content (AvgIpc) is 2.90. The summed E-state index contributed by atoms with van der Waals surface area (Å²) in [7, 11) is 1.32. The maximum Gasteiger partial charge on any atom is 0.335 e. The smallest absolute Gasteiger partial charge is 0.335 e. The molecule has 1 aliphatic carbocycles. The van der Waals surface area contributed by atoms with E-state index in [4.69, 9.17) is 4.74 Å². The van der Waals surface area contributed by atoms with Crippen molar-refractivity contribution in [3.8, 4) is 5.75 Å². The molecule has 0 saturated heterocycles. The average molecular weight is 345 g/mol. The van der Waals surface area contributed by atoms with Gasteiger partial charge in [0.25, 0.3) is 0 Å². The van der Waals surface area contributed by atoms with E-state index >= 15 is 0 Å². The van der Waals surface area contributed by atoms with Gasteiger partial charge in [0.1, 0.15) is 5.75 Å². The van der Waals surface area contributed by atoms with Crippen molar-refractivity contribution in [2.45, 2.75) is 25.9 Å². The first-order chi connectivity index (χ1) is 11.9. The number of hydrogen-bond acceptors (Lipinski definition) is 5. The van der Waals surface area contributed by atoms with Crippen molar-refractivity contribution in [3.63, 3.8) is 0 Å². The van der Waals surface area contributed by atoms with Gasteiger partial charge in [0.05, 0.1) is 24.7 Å². The zero-order chi connectivity index (χ0) is 18.1. The number of nitrogens with zero attached hydrogens (tertiary/aromatic N) is 1. The van der Waals surface area contributed by atoms with Crippen LogP contribution in [0.2, 0.25) is 0 Å². The molecular formula is C19H23NO5. The molecule has 2 N–H and O–H groups in total. The highest BCUT2D eigenvalue weighted by Crippen LogP contribution is 2.45. The van der Waals surface area contributed by atoms with Gasteiger partial charge in [-0.25, -0.2) is 4.79 Å². The molecule has 2 aliphatic rings. The molecule has 1 saturated carbocycles. The molecule has 1 heterocycles. The van der Waals surface area contributed by atoms with Crippen LogP contribution >= 0.6 is 0 Å². The topological polar surface area (TPSA) is 87.1 Å². The number of fused-ring (bicyclic) bond motifs is 1. The van der Waals surface area contributed by atoms with Crippen LogP contribution in [0.3, 0.4) is 0 Å². The van der Waals surface area contributed by atoms with Crippen LogP contribution in [0.15, 0.2) is 36.0 Å². The van der Waals surface area contributed by atoms with Gasteiger partial charge in [0, 0.05) is 18.7 Å². The Bertz CT molecular complexity index is 696. The molecule has 1 aliphatic heterocycles. The van der Waals surface area contributed by atoms with Gasteiger partial charge in [0.2, 0.25) is 5.91 Å². The summed E-state index contributed by atoms with van der Waals surface area (Å²) >= 11 is 0. The molecule has 1 fully saturated rings. The summed E-state index contributed by atoms with van der Waals surface area (Å²) < 4.78 is 4.87. The van der Waals surface area contributed by atoms with Gasteiger partial charge in [-0.05, 0) is 36.5 Å². The first kappa shape index (κ1) is 17.5. The summed E-state index contributed by atoms with van der Waals surface area (Å²) in [5.74, 6) is -1.17. The van der Waals surface area contributed by atoms with E-state index in [9.17, 15) is 19.8 Å². The second-order valence-electron chi connectivity index (χ2n) is 6.82. The van der Waals surface area contributed by atoms with Gasteiger partial charge in [-0.3, -0.25) is 4.79 Å². The number of phenolic OH excluding ortho intramolecular Hbond substituents is 1. The molecule has 25 heavy (non-hydrogen) atoms. The molecule has 4 atom stereocenters. The normalized spacial score (nSPS) is 28.5. The van der Waals surface area contributed by atoms with Gasteiger partial charge in [-0.2, -0.15) is 0 Å². The number of amides is 1. The van der Waals surface area contributed by atoms with Gasteiger partial charge in [0.15, 0.2) is 0 Å². The number of benzene rings is 1. The lowest BCUT2D eigenvalue weighted by Gasteiger charge is -2.34. The van der Waals surface area contributed by atoms with Crippen LogP contribution in [-0.4, -0.2) is 46.7 Å². The van der Waals surface area contributed by atoms with Gasteiger partial charge >= 0.3 is 5.97 Å². The van der Waals surface area contributed by atoms with Crippen molar-refractivity contribution in [2.75, 3.05) is 13.7 Å². The Morgan fingerprint density at radius 3 is 2.64 bits per heavy atom. The molecule has 0 aromatic heterocycles. The van der Waals surface area contributed by atoms with E-state index in [0.29, 0.717) is 25.0 Å². The van der Waals surface area contributed by atoms with Crippen LogP contribution in [0.25, 0.3) is 0 Å². The number of carbonyl (C=O) groups is 2. The number of ether oxygens (including phenoxy) is 1. The molecule has 134 valence electrons. The van der Waals surface area contributed by atoms with Crippen molar-refractivity contribution in [3.05, 3.63) is 41.6 Å². The van der Waals surface area contributed by atoms with E-state index in [1.807, 2.05) is 6.92 Å². The lowest BCUT2D eigenvalue weighted by atomic mass is 9.81. The van der Waals surface area contributed by atoms with Crippen molar-refractivity contribution in [1.29, 1.82) is 0 Å². The maximum atomic E-state index is 12.9. The number of hydrogen-bond donors (Lipinski definition) is 2. The maximum absolute atomic E-state index is 12.9. The predicted octanol–water partition coefficient (Wildman–Crippen LogP) is 1.47. The minimum Gasteiger partial charge on any atom is -0.508 e. The van der Waals surface area contributed by atoms with Crippen LogP contribution in [0.4, 0.5) is 0 Å². The lowest BCUT2D eigenvalue weighted by molar-refractivity contribution is -0.140. The quantitative estimate of drug-likeness (QED) is 0.807. The first-order valence-electron chi connectivity index (χ1n) is 8.49. The molecular weight excluding hydrogens is 322 g/mol. The molecule has 3 rings (SSSR count). The number of methoxy groups -OCH3 is 1. The van der Waals surface area contributed by atoms with Crippen molar-refractivity contribution in [1.82, 2.24) is 4.90 Å². The molecule has 6 nitrogen and oxygen atoms in total. The number of phenols is 1. The molecule has 1 aromatic carbocycles. The van der Waals surface area contributed by atoms with Crippen LogP contribution in [0, 0.1) is 17.8 Å². The second-order valence-corrected chi connectivity index (χ2v) is 6.82. The Kier molecular flexibility index (Phi) is 4.81. The molecule has 0 spiro atoms. The predicted molar refractivity (Wildman–Crippen MR) is 90.4 cm³/mol. The zero-order valence-electron chi connectivity index (χ0n) is 14.4.